The molecule has 1 unspecified atom stereocenters. The van der Waals surface area contributed by atoms with E-state index in [1.54, 1.807) is 0 Å². The Morgan fingerprint density at radius 3 is 2.52 bits per heavy atom. The molecule has 1 aliphatic heterocycles. The van der Waals surface area contributed by atoms with Crippen LogP contribution in [0.3, 0.4) is 0 Å². The van der Waals surface area contributed by atoms with Gasteiger partial charge in [0, 0.05) is 18.9 Å². The van der Waals surface area contributed by atoms with E-state index in [-0.39, 0.29) is 0 Å². The predicted octanol–water partition coefficient (Wildman–Crippen LogP) is 3.61. The summed E-state index contributed by atoms with van der Waals surface area (Å²) >= 11 is 0. The quantitative estimate of drug-likeness (QED) is 0.501. The van der Waals surface area contributed by atoms with Crippen LogP contribution in [0.15, 0.2) is 30.3 Å². The van der Waals surface area contributed by atoms with Gasteiger partial charge < -0.3 is 9.47 Å². The summed E-state index contributed by atoms with van der Waals surface area (Å²) in [6.07, 6.45) is 2.91. The lowest BCUT2D eigenvalue weighted by molar-refractivity contribution is -0.323. The molecular formula is C19H25NO5. The molecule has 6 nitrogen and oxygen atoms in total. The first-order chi connectivity index (χ1) is 12.1. The molecule has 0 amide bonds. The number of unbranched alkanes of at least 4 members (excludes halogenated alkanes) is 1. The molecule has 0 bridgehead atoms. The van der Waals surface area contributed by atoms with Gasteiger partial charge >= 0.3 is 5.97 Å². The molecule has 1 heterocycles. The number of ether oxygens (including phenoxy) is 2. The fourth-order valence-corrected chi connectivity index (χ4v) is 2.91. The molecule has 1 aromatic rings. The first kappa shape index (κ1) is 19.4. The third-order valence-electron chi connectivity index (χ3n) is 4.28. The number of rotatable bonds is 9. The first-order valence-corrected chi connectivity index (χ1v) is 8.67. The number of nitriles is 1. The molecule has 0 aliphatic carbocycles. The highest BCUT2D eigenvalue weighted by atomic mass is 17.2. The van der Waals surface area contributed by atoms with E-state index in [1.165, 1.54) is 6.92 Å². The van der Waals surface area contributed by atoms with E-state index in [9.17, 15) is 10.1 Å². The van der Waals surface area contributed by atoms with Crippen LogP contribution < -0.4 is 0 Å². The lowest BCUT2D eigenvalue weighted by Crippen LogP contribution is -2.36. The second kappa shape index (κ2) is 8.95. The van der Waals surface area contributed by atoms with Crippen LogP contribution in [0, 0.1) is 11.3 Å². The molecule has 1 atom stereocenters. The van der Waals surface area contributed by atoms with Crippen LogP contribution in [0.1, 0.15) is 51.5 Å². The van der Waals surface area contributed by atoms with Gasteiger partial charge in [-0.05, 0) is 19.3 Å². The molecule has 2 rings (SSSR count). The van der Waals surface area contributed by atoms with E-state index < -0.39 is 17.4 Å². The number of hydrogen-bond acceptors (Lipinski definition) is 6. The van der Waals surface area contributed by atoms with E-state index in [1.807, 2.05) is 37.3 Å². The van der Waals surface area contributed by atoms with E-state index in [0.717, 1.165) is 18.4 Å². The first-order valence-electron chi connectivity index (χ1n) is 8.67. The van der Waals surface area contributed by atoms with E-state index in [4.69, 9.17) is 19.2 Å². The Bertz CT molecular complexity index is 592. The van der Waals surface area contributed by atoms with Crippen LogP contribution in [0.2, 0.25) is 0 Å². The van der Waals surface area contributed by atoms with E-state index in [0.29, 0.717) is 32.5 Å². The summed E-state index contributed by atoms with van der Waals surface area (Å²) in [5.74, 6) is -1.47. The SMILES string of the molecule is CCCCC(C#N)(CCC1(c2ccccc2)OCCO1)OOC(C)=O. The maximum absolute atomic E-state index is 11.1. The fraction of sp³-hybridized carbons (Fsp3) is 0.579. The minimum absolute atomic E-state index is 0.325. The van der Waals surface area contributed by atoms with Crippen molar-refractivity contribution in [3.8, 4) is 6.07 Å². The summed E-state index contributed by atoms with van der Waals surface area (Å²) in [7, 11) is 0. The fourth-order valence-electron chi connectivity index (χ4n) is 2.91. The molecular weight excluding hydrogens is 322 g/mol. The van der Waals surface area contributed by atoms with Gasteiger partial charge in [-0.15, -0.1) is 0 Å². The molecule has 0 radical (unpaired) electrons. The molecule has 25 heavy (non-hydrogen) atoms. The zero-order valence-corrected chi connectivity index (χ0v) is 14.8. The van der Waals surface area contributed by atoms with Gasteiger partial charge in [0.05, 0.1) is 13.2 Å². The van der Waals surface area contributed by atoms with Crippen molar-refractivity contribution in [3.05, 3.63) is 35.9 Å². The molecule has 0 N–H and O–H groups in total. The number of carbonyl (C=O) groups is 1. The molecule has 1 fully saturated rings. The standard InChI is InChI=1S/C19H25NO5/c1-3-4-10-18(15-20,25-24-16(2)21)11-12-19(22-13-14-23-19)17-8-6-5-7-9-17/h5-9H,3-4,10-14H2,1-2H3. The van der Waals surface area contributed by atoms with Crippen molar-refractivity contribution in [2.45, 2.75) is 57.3 Å². The van der Waals surface area contributed by atoms with Gasteiger partial charge in [0.2, 0.25) is 5.60 Å². The maximum Gasteiger partial charge on any atom is 0.339 e. The largest absolute Gasteiger partial charge is 0.343 e. The van der Waals surface area contributed by atoms with Crippen molar-refractivity contribution in [1.82, 2.24) is 0 Å². The van der Waals surface area contributed by atoms with E-state index >= 15 is 0 Å². The zero-order valence-electron chi connectivity index (χ0n) is 14.8. The molecule has 0 aromatic heterocycles. The van der Waals surface area contributed by atoms with Crippen LogP contribution in [-0.2, 0) is 29.8 Å². The van der Waals surface area contributed by atoms with Gasteiger partial charge in [-0.1, -0.05) is 43.7 Å². The topological polar surface area (TPSA) is 77.8 Å². The second-order valence-electron chi connectivity index (χ2n) is 6.18. The molecule has 1 aromatic carbocycles. The molecule has 6 heteroatoms. The second-order valence-corrected chi connectivity index (χ2v) is 6.18. The van der Waals surface area contributed by atoms with Gasteiger partial charge in [-0.25, -0.2) is 4.79 Å². The number of nitrogens with zero attached hydrogens (tertiary/aromatic N) is 1. The number of carbonyl (C=O) groups excluding carboxylic acids is 1. The van der Waals surface area contributed by atoms with Crippen LogP contribution in [0.25, 0.3) is 0 Å². The molecule has 1 saturated heterocycles. The van der Waals surface area contributed by atoms with Crippen LogP contribution in [-0.4, -0.2) is 24.8 Å². The highest BCUT2D eigenvalue weighted by molar-refractivity contribution is 5.65. The number of hydrogen-bond donors (Lipinski definition) is 0. The Labute approximate surface area is 148 Å². The Kier molecular flexibility index (Phi) is 6.94. The van der Waals surface area contributed by atoms with Crippen molar-refractivity contribution < 1.29 is 24.0 Å². The summed E-state index contributed by atoms with van der Waals surface area (Å²) in [5.41, 5.74) is -0.305. The molecule has 0 spiro atoms. The monoisotopic (exact) mass is 347 g/mol. The van der Waals surface area contributed by atoms with Crippen LogP contribution in [0.4, 0.5) is 0 Å². The van der Waals surface area contributed by atoms with Gasteiger partial charge in [-0.3, -0.25) is 4.89 Å². The molecule has 136 valence electrons. The third-order valence-corrected chi connectivity index (χ3v) is 4.28. The van der Waals surface area contributed by atoms with Crippen molar-refractivity contribution in [2.24, 2.45) is 0 Å². The predicted molar refractivity (Wildman–Crippen MR) is 90.0 cm³/mol. The zero-order chi connectivity index (χ0) is 18.2. The Morgan fingerprint density at radius 2 is 1.96 bits per heavy atom. The minimum Gasteiger partial charge on any atom is -0.343 e. The van der Waals surface area contributed by atoms with Crippen molar-refractivity contribution in [2.75, 3.05) is 13.2 Å². The third kappa shape index (κ3) is 5.02. The highest BCUT2D eigenvalue weighted by Crippen LogP contribution is 2.39. The summed E-state index contributed by atoms with van der Waals surface area (Å²) in [6.45, 7) is 4.27. The lowest BCUT2D eigenvalue weighted by atomic mass is 9.88. The smallest absolute Gasteiger partial charge is 0.339 e. The molecule has 0 saturated carbocycles. The van der Waals surface area contributed by atoms with E-state index in [2.05, 4.69) is 6.07 Å². The highest BCUT2D eigenvalue weighted by Gasteiger charge is 2.43. The van der Waals surface area contributed by atoms with Crippen LogP contribution in [0.5, 0.6) is 0 Å². The Hall–Kier alpha value is -1.94. The summed E-state index contributed by atoms with van der Waals surface area (Å²) in [5, 5.41) is 9.70. The average Bonchev–Trinajstić information content (AvgIpc) is 3.12. The van der Waals surface area contributed by atoms with Gasteiger partial charge in [0.1, 0.15) is 6.07 Å². The molecule has 1 aliphatic rings. The van der Waals surface area contributed by atoms with Crippen molar-refractivity contribution >= 4 is 5.97 Å². The summed E-state index contributed by atoms with van der Waals surface area (Å²) in [6, 6.07) is 11.8. The minimum atomic E-state index is -1.21. The normalized spacial score (nSPS) is 18.3. The van der Waals surface area contributed by atoms with Gasteiger partial charge in [0.15, 0.2) is 5.79 Å². The van der Waals surface area contributed by atoms with Gasteiger partial charge in [-0.2, -0.15) is 10.1 Å². The Morgan fingerprint density at radius 1 is 1.28 bits per heavy atom. The summed E-state index contributed by atoms with van der Waals surface area (Å²) in [4.78, 5) is 21.1. The van der Waals surface area contributed by atoms with Crippen LogP contribution >= 0.6 is 0 Å². The Balaban J connectivity index is 2.16. The lowest BCUT2D eigenvalue weighted by Gasteiger charge is -2.32. The summed E-state index contributed by atoms with van der Waals surface area (Å²) < 4.78 is 11.8. The van der Waals surface area contributed by atoms with Gasteiger partial charge in [0.25, 0.3) is 0 Å². The maximum atomic E-state index is 11.1. The average molecular weight is 347 g/mol. The van der Waals surface area contributed by atoms with Crippen molar-refractivity contribution in [1.29, 1.82) is 5.26 Å². The van der Waals surface area contributed by atoms with Crippen molar-refractivity contribution in [3.63, 3.8) is 0 Å². The number of benzene rings is 1.